The second kappa shape index (κ2) is 7.29. The van der Waals surface area contributed by atoms with E-state index in [1.807, 2.05) is 13.0 Å². The molecule has 0 spiro atoms. The van der Waals surface area contributed by atoms with Gasteiger partial charge in [-0.3, -0.25) is 4.79 Å². The third kappa shape index (κ3) is 4.23. The van der Waals surface area contributed by atoms with Crippen LogP contribution in [0.1, 0.15) is 32.3 Å². The van der Waals surface area contributed by atoms with E-state index in [9.17, 15) is 4.79 Å². The first-order chi connectivity index (χ1) is 9.74. The molecule has 1 saturated carbocycles. The summed E-state index contributed by atoms with van der Waals surface area (Å²) in [4.78, 5) is 13.9. The van der Waals surface area contributed by atoms with E-state index in [2.05, 4.69) is 40.7 Å². The lowest BCUT2D eigenvalue weighted by molar-refractivity contribution is -0.119. The third-order valence-corrected chi connectivity index (χ3v) is 3.58. The molecule has 1 aliphatic rings. The number of amides is 1. The van der Waals surface area contributed by atoms with Crippen LogP contribution in [0.4, 0.5) is 5.69 Å². The molecule has 4 nitrogen and oxygen atoms in total. The molecule has 2 N–H and O–H groups in total. The molecule has 110 valence electrons. The van der Waals surface area contributed by atoms with E-state index in [0.29, 0.717) is 19.1 Å². The van der Waals surface area contributed by atoms with Crippen LogP contribution in [0.3, 0.4) is 0 Å². The minimum absolute atomic E-state index is 0.0827. The Morgan fingerprint density at radius 3 is 2.70 bits per heavy atom. The van der Waals surface area contributed by atoms with E-state index in [-0.39, 0.29) is 5.91 Å². The standard InChI is InChI=1S/C16H25N3O/c1-3-17-16(20)12-19(4-2)15-8-6-5-7-13(15)11-18-14-9-10-14/h5-8,14,18H,3-4,9-12H2,1-2H3,(H,17,20). The number of rotatable bonds is 8. The third-order valence-electron chi connectivity index (χ3n) is 3.58. The van der Waals surface area contributed by atoms with Gasteiger partial charge in [0.25, 0.3) is 0 Å². The Balaban J connectivity index is 2.04. The van der Waals surface area contributed by atoms with Crippen molar-refractivity contribution in [2.45, 2.75) is 39.3 Å². The molecule has 1 aliphatic carbocycles. The van der Waals surface area contributed by atoms with Crippen molar-refractivity contribution in [2.75, 3.05) is 24.5 Å². The highest BCUT2D eigenvalue weighted by Crippen LogP contribution is 2.23. The molecular formula is C16H25N3O. The molecule has 0 atom stereocenters. The molecule has 0 radical (unpaired) electrons. The number of hydrogen-bond donors (Lipinski definition) is 2. The normalized spacial score (nSPS) is 14.1. The lowest BCUT2D eigenvalue weighted by Crippen LogP contribution is -2.37. The van der Waals surface area contributed by atoms with Crippen LogP contribution < -0.4 is 15.5 Å². The van der Waals surface area contributed by atoms with E-state index < -0.39 is 0 Å². The predicted molar refractivity (Wildman–Crippen MR) is 82.9 cm³/mol. The second-order valence-electron chi connectivity index (χ2n) is 5.25. The van der Waals surface area contributed by atoms with Crippen LogP contribution in [0, 0.1) is 0 Å². The molecule has 1 fully saturated rings. The monoisotopic (exact) mass is 275 g/mol. The van der Waals surface area contributed by atoms with E-state index in [1.165, 1.54) is 18.4 Å². The number of anilines is 1. The van der Waals surface area contributed by atoms with Crippen LogP contribution >= 0.6 is 0 Å². The molecule has 0 aliphatic heterocycles. The van der Waals surface area contributed by atoms with Crippen molar-refractivity contribution in [1.29, 1.82) is 0 Å². The number of carbonyl (C=O) groups is 1. The molecule has 2 rings (SSSR count). The van der Waals surface area contributed by atoms with Crippen molar-refractivity contribution in [3.05, 3.63) is 29.8 Å². The maximum absolute atomic E-state index is 11.8. The zero-order valence-electron chi connectivity index (χ0n) is 12.5. The smallest absolute Gasteiger partial charge is 0.239 e. The number of likely N-dealkylation sites (N-methyl/N-ethyl adjacent to an activating group) is 2. The summed E-state index contributed by atoms with van der Waals surface area (Å²) in [6.45, 7) is 6.85. The fraction of sp³-hybridized carbons (Fsp3) is 0.562. The van der Waals surface area contributed by atoms with Crippen molar-refractivity contribution in [1.82, 2.24) is 10.6 Å². The van der Waals surface area contributed by atoms with E-state index >= 15 is 0 Å². The fourth-order valence-corrected chi connectivity index (χ4v) is 2.30. The number of carbonyl (C=O) groups excluding carboxylic acids is 1. The molecule has 1 amide bonds. The fourth-order valence-electron chi connectivity index (χ4n) is 2.30. The van der Waals surface area contributed by atoms with Crippen LogP contribution in [0.15, 0.2) is 24.3 Å². The maximum Gasteiger partial charge on any atom is 0.239 e. The Morgan fingerprint density at radius 2 is 2.05 bits per heavy atom. The molecule has 0 saturated heterocycles. The first kappa shape index (κ1) is 14.9. The summed E-state index contributed by atoms with van der Waals surface area (Å²) in [6, 6.07) is 9.04. The lowest BCUT2D eigenvalue weighted by atomic mass is 10.1. The Kier molecular flexibility index (Phi) is 5.41. The summed E-state index contributed by atoms with van der Waals surface area (Å²) in [5.41, 5.74) is 2.43. The topological polar surface area (TPSA) is 44.4 Å². The Labute approximate surface area is 121 Å². The first-order valence-corrected chi connectivity index (χ1v) is 7.57. The van der Waals surface area contributed by atoms with Gasteiger partial charge in [0.15, 0.2) is 0 Å². The highest BCUT2D eigenvalue weighted by Gasteiger charge is 2.21. The van der Waals surface area contributed by atoms with Crippen molar-refractivity contribution < 1.29 is 4.79 Å². The molecule has 1 aromatic carbocycles. The maximum atomic E-state index is 11.8. The van der Waals surface area contributed by atoms with Gasteiger partial charge in [-0.25, -0.2) is 0 Å². The summed E-state index contributed by atoms with van der Waals surface area (Å²) in [7, 11) is 0. The van der Waals surface area contributed by atoms with Crippen LogP contribution in [0.5, 0.6) is 0 Å². The average Bonchev–Trinajstić information content (AvgIpc) is 3.27. The van der Waals surface area contributed by atoms with Crippen LogP contribution in [0.25, 0.3) is 0 Å². The minimum atomic E-state index is 0.0827. The molecule has 0 bridgehead atoms. The molecule has 20 heavy (non-hydrogen) atoms. The second-order valence-corrected chi connectivity index (χ2v) is 5.25. The van der Waals surface area contributed by atoms with Crippen molar-refractivity contribution in [2.24, 2.45) is 0 Å². The zero-order chi connectivity index (χ0) is 14.4. The van der Waals surface area contributed by atoms with Gasteiger partial charge < -0.3 is 15.5 Å². The number of benzene rings is 1. The predicted octanol–water partition coefficient (Wildman–Crippen LogP) is 1.90. The van der Waals surface area contributed by atoms with Gasteiger partial charge in [-0.1, -0.05) is 18.2 Å². The Bertz CT molecular complexity index is 443. The number of para-hydroxylation sites is 1. The Hall–Kier alpha value is -1.55. The van der Waals surface area contributed by atoms with Crippen molar-refractivity contribution in [3.8, 4) is 0 Å². The van der Waals surface area contributed by atoms with Gasteiger partial charge >= 0.3 is 0 Å². The van der Waals surface area contributed by atoms with Crippen LogP contribution in [-0.4, -0.2) is 31.6 Å². The van der Waals surface area contributed by atoms with Gasteiger partial charge in [0.05, 0.1) is 6.54 Å². The quantitative estimate of drug-likeness (QED) is 0.761. The number of nitrogens with one attached hydrogen (secondary N) is 2. The number of nitrogens with zero attached hydrogens (tertiary/aromatic N) is 1. The first-order valence-electron chi connectivity index (χ1n) is 7.57. The molecule has 0 heterocycles. The van der Waals surface area contributed by atoms with Gasteiger partial charge in [-0.05, 0) is 38.3 Å². The summed E-state index contributed by atoms with van der Waals surface area (Å²) < 4.78 is 0. The summed E-state index contributed by atoms with van der Waals surface area (Å²) >= 11 is 0. The SMILES string of the molecule is CCNC(=O)CN(CC)c1ccccc1CNC1CC1. The van der Waals surface area contributed by atoms with Gasteiger partial charge in [0, 0.05) is 31.4 Å². The number of hydrogen-bond acceptors (Lipinski definition) is 3. The van der Waals surface area contributed by atoms with Gasteiger partial charge in [0.1, 0.15) is 0 Å². The highest BCUT2D eigenvalue weighted by molar-refractivity contribution is 5.81. The molecular weight excluding hydrogens is 250 g/mol. The van der Waals surface area contributed by atoms with Gasteiger partial charge in [-0.2, -0.15) is 0 Å². The van der Waals surface area contributed by atoms with Crippen LogP contribution in [-0.2, 0) is 11.3 Å². The van der Waals surface area contributed by atoms with Crippen molar-refractivity contribution >= 4 is 11.6 Å². The minimum Gasteiger partial charge on any atom is -0.362 e. The molecule has 0 aromatic heterocycles. The van der Waals surface area contributed by atoms with E-state index in [0.717, 1.165) is 18.8 Å². The zero-order valence-corrected chi connectivity index (χ0v) is 12.5. The molecule has 4 heteroatoms. The Morgan fingerprint density at radius 1 is 1.30 bits per heavy atom. The molecule has 0 unspecified atom stereocenters. The van der Waals surface area contributed by atoms with E-state index in [4.69, 9.17) is 0 Å². The summed E-state index contributed by atoms with van der Waals surface area (Å²) in [5, 5.41) is 6.41. The summed E-state index contributed by atoms with van der Waals surface area (Å²) in [6.07, 6.45) is 2.58. The van der Waals surface area contributed by atoms with E-state index in [1.54, 1.807) is 0 Å². The lowest BCUT2D eigenvalue weighted by Gasteiger charge is -2.25. The highest BCUT2D eigenvalue weighted by atomic mass is 16.2. The summed E-state index contributed by atoms with van der Waals surface area (Å²) in [5.74, 6) is 0.0827. The average molecular weight is 275 g/mol. The molecule has 1 aromatic rings. The van der Waals surface area contributed by atoms with Gasteiger partial charge in [-0.15, -0.1) is 0 Å². The largest absolute Gasteiger partial charge is 0.362 e. The van der Waals surface area contributed by atoms with Crippen LogP contribution in [0.2, 0.25) is 0 Å². The van der Waals surface area contributed by atoms with Crippen molar-refractivity contribution in [3.63, 3.8) is 0 Å². The van der Waals surface area contributed by atoms with Gasteiger partial charge in [0.2, 0.25) is 5.91 Å².